The van der Waals surface area contributed by atoms with Gasteiger partial charge < -0.3 is 0 Å². The highest BCUT2D eigenvalue weighted by Gasteiger charge is 2.61. The lowest BCUT2D eigenvalue weighted by molar-refractivity contribution is -0.162. The molecule has 0 saturated heterocycles. The Labute approximate surface area is 177 Å². The number of fused-ring (bicyclic) bond motifs is 5. The second-order valence-electron chi connectivity index (χ2n) is 11.5. The molecule has 28 heavy (non-hydrogen) atoms. The van der Waals surface area contributed by atoms with E-state index in [1.54, 1.807) is 0 Å². The number of hydrogen-bond acceptors (Lipinski definition) is 0. The van der Waals surface area contributed by atoms with Gasteiger partial charge in [-0.25, -0.2) is 0 Å². The zero-order chi connectivity index (χ0) is 20.6. The third-order valence-electron chi connectivity index (χ3n) is 10.6. The van der Waals surface area contributed by atoms with Crippen molar-refractivity contribution in [1.82, 2.24) is 0 Å². The van der Waals surface area contributed by atoms with Crippen LogP contribution in [0.5, 0.6) is 0 Å². The van der Waals surface area contributed by atoms with E-state index in [9.17, 15) is 0 Å². The zero-order valence-electron chi connectivity index (χ0n) is 20.4. The van der Waals surface area contributed by atoms with Gasteiger partial charge in [0.1, 0.15) is 0 Å². The van der Waals surface area contributed by atoms with E-state index >= 15 is 0 Å². The molecule has 0 amide bonds. The van der Waals surface area contributed by atoms with Crippen molar-refractivity contribution < 1.29 is 0 Å². The number of allylic oxidation sites excluding steroid dienone is 2. The van der Waals surface area contributed by atoms with E-state index in [4.69, 9.17) is 0 Å². The smallest absolute Gasteiger partial charge is 0.00854 e. The molecule has 4 rings (SSSR count). The van der Waals surface area contributed by atoms with Crippen LogP contribution in [-0.4, -0.2) is 0 Å². The van der Waals surface area contributed by atoms with Crippen LogP contribution in [0.4, 0.5) is 0 Å². The minimum absolute atomic E-state index is 0.539. The number of rotatable bonds is 2. The van der Waals surface area contributed by atoms with Crippen LogP contribution >= 0.6 is 0 Å². The van der Waals surface area contributed by atoms with Crippen molar-refractivity contribution >= 4 is 0 Å². The van der Waals surface area contributed by atoms with Crippen LogP contribution in [0.3, 0.4) is 0 Å². The van der Waals surface area contributed by atoms with Gasteiger partial charge in [0.05, 0.1) is 0 Å². The van der Waals surface area contributed by atoms with Crippen molar-refractivity contribution in [2.24, 2.45) is 39.9 Å². The Hall–Kier alpha value is -0.260. The molecule has 4 aliphatic carbocycles. The predicted molar refractivity (Wildman–Crippen MR) is 124 cm³/mol. The Balaban J connectivity index is 0.00000109. The molecule has 162 valence electrons. The van der Waals surface area contributed by atoms with Gasteiger partial charge in [0.2, 0.25) is 0 Å². The van der Waals surface area contributed by atoms with Gasteiger partial charge in [-0.3, -0.25) is 0 Å². The summed E-state index contributed by atoms with van der Waals surface area (Å²) >= 11 is 0. The van der Waals surface area contributed by atoms with Gasteiger partial charge in [-0.15, -0.1) is 0 Å². The molecule has 0 radical (unpaired) electrons. The third kappa shape index (κ3) is 3.33. The molecule has 4 saturated carbocycles. The third-order valence-corrected chi connectivity index (χ3v) is 10.6. The maximum absolute atomic E-state index is 2.74. The molecule has 0 aromatic heterocycles. The molecule has 0 bridgehead atoms. The summed E-state index contributed by atoms with van der Waals surface area (Å²) in [4.78, 5) is 0. The largest absolute Gasteiger partial charge is 0.0879 e. The van der Waals surface area contributed by atoms with Crippen LogP contribution < -0.4 is 0 Å². The van der Waals surface area contributed by atoms with Crippen molar-refractivity contribution in [2.45, 2.75) is 126 Å². The SMILES string of the molecule is C/C=C1/CCCC2C3CCC4(C)CC(CCC)CCC4(C)C3CCC12C.CC. The van der Waals surface area contributed by atoms with Crippen molar-refractivity contribution in [1.29, 1.82) is 0 Å². The van der Waals surface area contributed by atoms with Gasteiger partial charge >= 0.3 is 0 Å². The van der Waals surface area contributed by atoms with Gasteiger partial charge in [-0.1, -0.05) is 66.0 Å². The first kappa shape index (κ1) is 22.4. The van der Waals surface area contributed by atoms with Crippen LogP contribution in [-0.2, 0) is 0 Å². The maximum atomic E-state index is 2.74. The highest BCUT2D eigenvalue weighted by molar-refractivity contribution is 5.22. The molecule has 4 aliphatic rings. The molecule has 0 aromatic rings. The quantitative estimate of drug-likeness (QED) is 0.415. The first-order valence-electron chi connectivity index (χ1n) is 13.0. The van der Waals surface area contributed by atoms with E-state index < -0.39 is 0 Å². The molecule has 0 N–H and O–H groups in total. The van der Waals surface area contributed by atoms with Crippen molar-refractivity contribution in [3.63, 3.8) is 0 Å². The Morgan fingerprint density at radius 2 is 1.68 bits per heavy atom. The molecule has 0 aromatic carbocycles. The maximum Gasteiger partial charge on any atom is -0.00854 e. The van der Waals surface area contributed by atoms with E-state index in [-0.39, 0.29) is 0 Å². The summed E-state index contributed by atoms with van der Waals surface area (Å²) in [5, 5.41) is 0. The Bertz CT molecular complexity index is 558. The average Bonchev–Trinajstić information content (AvgIpc) is 2.69. The molecule has 0 nitrogen and oxygen atoms in total. The standard InChI is InChI=1S/C26H44.C2H6/c1-6-9-19-12-17-26(5)23-14-16-25(4)20(7-2)10-8-11-22(25)21(23)13-15-24(26,3)18-19;1-2/h7,19,21-23H,6,8-18H2,1-5H3;1-2H3/b20-7-;. The second kappa shape index (κ2) is 8.47. The summed E-state index contributed by atoms with van der Waals surface area (Å²) in [6.45, 7) is 16.8. The summed E-state index contributed by atoms with van der Waals surface area (Å²) in [6, 6.07) is 0. The van der Waals surface area contributed by atoms with Crippen LogP contribution in [0.2, 0.25) is 0 Å². The summed E-state index contributed by atoms with van der Waals surface area (Å²) in [7, 11) is 0. The molecule has 0 heterocycles. The van der Waals surface area contributed by atoms with Crippen LogP contribution in [0.25, 0.3) is 0 Å². The Kier molecular flexibility index (Phi) is 6.78. The molecule has 7 atom stereocenters. The molecular formula is C28H50. The Morgan fingerprint density at radius 1 is 0.929 bits per heavy atom. The van der Waals surface area contributed by atoms with Crippen molar-refractivity contribution in [3.8, 4) is 0 Å². The number of hydrogen-bond donors (Lipinski definition) is 0. The topological polar surface area (TPSA) is 0 Å². The van der Waals surface area contributed by atoms with E-state index in [2.05, 4.69) is 40.7 Å². The van der Waals surface area contributed by atoms with Gasteiger partial charge in [-0.05, 0) is 111 Å². The fourth-order valence-corrected chi connectivity index (χ4v) is 8.94. The lowest BCUT2D eigenvalue weighted by Crippen LogP contribution is -2.58. The highest BCUT2D eigenvalue weighted by Crippen LogP contribution is 2.70. The fourth-order valence-electron chi connectivity index (χ4n) is 8.94. The van der Waals surface area contributed by atoms with Crippen LogP contribution in [0, 0.1) is 39.9 Å². The first-order valence-corrected chi connectivity index (χ1v) is 13.0. The van der Waals surface area contributed by atoms with E-state index in [0.717, 1.165) is 23.7 Å². The second-order valence-corrected chi connectivity index (χ2v) is 11.5. The van der Waals surface area contributed by atoms with Crippen molar-refractivity contribution in [2.75, 3.05) is 0 Å². The lowest BCUT2D eigenvalue weighted by Gasteiger charge is -2.66. The summed E-state index contributed by atoms with van der Waals surface area (Å²) in [6.07, 6.45) is 20.3. The summed E-state index contributed by atoms with van der Waals surface area (Å²) < 4.78 is 0. The van der Waals surface area contributed by atoms with Crippen LogP contribution in [0.15, 0.2) is 11.6 Å². The normalized spacial score (nSPS) is 49.3. The van der Waals surface area contributed by atoms with E-state index in [1.807, 2.05) is 19.4 Å². The molecule has 4 fully saturated rings. The fraction of sp³-hybridized carbons (Fsp3) is 0.929. The lowest BCUT2D eigenvalue weighted by atomic mass is 9.38. The molecule has 0 aliphatic heterocycles. The zero-order valence-corrected chi connectivity index (χ0v) is 20.4. The summed E-state index contributed by atoms with van der Waals surface area (Å²) in [5.41, 5.74) is 3.60. The van der Waals surface area contributed by atoms with Gasteiger partial charge in [0.25, 0.3) is 0 Å². The predicted octanol–water partition coefficient (Wildman–Crippen LogP) is 9.20. The van der Waals surface area contributed by atoms with Crippen LogP contribution in [0.1, 0.15) is 126 Å². The first-order chi connectivity index (χ1) is 13.4. The van der Waals surface area contributed by atoms with E-state index in [1.165, 1.54) is 77.0 Å². The van der Waals surface area contributed by atoms with E-state index in [0.29, 0.717) is 16.2 Å². The van der Waals surface area contributed by atoms with Crippen molar-refractivity contribution in [3.05, 3.63) is 11.6 Å². The monoisotopic (exact) mass is 386 g/mol. The van der Waals surface area contributed by atoms with Gasteiger partial charge in [0.15, 0.2) is 0 Å². The molecule has 0 spiro atoms. The molecular weight excluding hydrogens is 336 g/mol. The Morgan fingerprint density at radius 3 is 2.36 bits per heavy atom. The molecule has 7 unspecified atom stereocenters. The van der Waals surface area contributed by atoms with Gasteiger partial charge in [0, 0.05) is 0 Å². The van der Waals surface area contributed by atoms with Gasteiger partial charge in [-0.2, -0.15) is 0 Å². The minimum atomic E-state index is 0.539. The summed E-state index contributed by atoms with van der Waals surface area (Å²) in [5.74, 6) is 4.03. The highest BCUT2D eigenvalue weighted by atomic mass is 14.7. The average molecular weight is 387 g/mol. The minimum Gasteiger partial charge on any atom is -0.0879 e. The molecule has 0 heteroatoms.